The number of alkyl carbamates (subject to hydrolysis) is 1. The summed E-state index contributed by atoms with van der Waals surface area (Å²) in [5.41, 5.74) is 9.90. The SMILES string of the molecule is CCCN(OCCNC(=O)OCCOCCOCCOCCOCCOCCOCCOCCOCCOCCOCCC(=O)O)C(=O)C1=Cc2ccc(-c3cn[nH]c3)cc2N=C(N)C1. The Bertz CT molecular complexity index is 1630. The topological polar surface area (TPSA) is 265 Å². The van der Waals surface area contributed by atoms with E-state index in [1.165, 1.54) is 5.06 Å². The largest absolute Gasteiger partial charge is 0.481 e. The third-order valence-corrected chi connectivity index (χ3v) is 8.64. The van der Waals surface area contributed by atoms with E-state index in [1.807, 2.05) is 25.1 Å². The molecule has 22 nitrogen and oxygen atoms in total. The lowest BCUT2D eigenvalue weighted by Crippen LogP contribution is -2.37. The first kappa shape index (κ1) is 54.7. The minimum Gasteiger partial charge on any atom is -0.481 e. The zero-order valence-corrected chi connectivity index (χ0v) is 37.5. The Morgan fingerprint density at radius 2 is 1.18 bits per heavy atom. The fourth-order valence-electron chi connectivity index (χ4n) is 5.50. The molecule has 0 unspecified atom stereocenters. The van der Waals surface area contributed by atoms with Crippen LogP contribution in [-0.4, -0.2) is 203 Å². The smallest absolute Gasteiger partial charge is 0.407 e. The van der Waals surface area contributed by atoms with Crippen molar-refractivity contribution in [3.8, 4) is 11.1 Å². The summed E-state index contributed by atoms with van der Waals surface area (Å²) in [6.45, 7) is 10.5. The molecule has 2 aromatic rings. The highest BCUT2D eigenvalue weighted by Crippen LogP contribution is 2.31. The van der Waals surface area contributed by atoms with Gasteiger partial charge >= 0.3 is 12.1 Å². The first-order valence-corrected chi connectivity index (χ1v) is 21.9. The second kappa shape index (κ2) is 36.6. The maximum absolute atomic E-state index is 13.5. The highest BCUT2D eigenvalue weighted by atomic mass is 16.7. The van der Waals surface area contributed by atoms with Gasteiger partial charge in [-0.3, -0.25) is 19.5 Å². The molecule has 0 spiro atoms. The third kappa shape index (κ3) is 26.8. The van der Waals surface area contributed by atoms with Gasteiger partial charge in [-0.1, -0.05) is 19.1 Å². The van der Waals surface area contributed by atoms with Crippen molar-refractivity contribution in [3.63, 3.8) is 0 Å². The molecule has 366 valence electrons. The average molecular weight is 925 g/mol. The van der Waals surface area contributed by atoms with E-state index in [-0.39, 0.29) is 51.7 Å². The Hall–Kier alpha value is -4.59. The fourth-order valence-corrected chi connectivity index (χ4v) is 5.50. The number of aliphatic imine (C=N–C) groups is 1. The Labute approximate surface area is 380 Å². The molecule has 1 aromatic carbocycles. The molecule has 1 aliphatic heterocycles. The molecule has 1 aromatic heterocycles. The van der Waals surface area contributed by atoms with Gasteiger partial charge in [0.05, 0.1) is 157 Å². The number of fused-ring (bicyclic) bond motifs is 1. The van der Waals surface area contributed by atoms with Crippen molar-refractivity contribution in [1.82, 2.24) is 20.6 Å². The van der Waals surface area contributed by atoms with Crippen LogP contribution in [0, 0.1) is 0 Å². The van der Waals surface area contributed by atoms with E-state index >= 15 is 0 Å². The zero-order valence-electron chi connectivity index (χ0n) is 37.5. The van der Waals surface area contributed by atoms with Gasteiger partial charge in [0.1, 0.15) is 12.4 Å². The Kier molecular flexibility index (Phi) is 30.8. The molecule has 0 fully saturated rings. The normalized spacial score (nSPS) is 12.3. The molecule has 0 radical (unpaired) electrons. The summed E-state index contributed by atoms with van der Waals surface area (Å²) in [5.74, 6) is -0.900. The third-order valence-electron chi connectivity index (χ3n) is 8.64. The molecular formula is C43H68N6O16. The predicted octanol–water partition coefficient (Wildman–Crippen LogP) is 2.39. The minimum atomic E-state index is -0.885. The van der Waals surface area contributed by atoms with Crippen molar-refractivity contribution in [2.24, 2.45) is 10.7 Å². The number of aromatic nitrogens is 2. The van der Waals surface area contributed by atoms with Crippen molar-refractivity contribution in [2.75, 3.05) is 158 Å². The number of amidine groups is 1. The van der Waals surface area contributed by atoms with Gasteiger partial charge in [0.25, 0.3) is 5.91 Å². The van der Waals surface area contributed by atoms with Gasteiger partial charge in [-0.25, -0.2) is 14.9 Å². The maximum atomic E-state index is 13.5. The second-order valence-electron chi connectivity index (χ2n) is 13.8. The van der Waals surface area contributed by atoms with Gasteiger partial charge in [0, 0.05) is 42.4 Å². The fraction of sp³-hybridized carbons (Fsp3) is 0.651. The number of amides is 2. The van der Waals surface area contributed by atoms with Crippen LogP contribution in [-0.2, 0) is 66.5 Å². The van der Waals surface area contributed by atoms with Crippen LogP contribution in [0.5, 0.6) is 0 Å². The number of carbonyl (C=O) groups excluding carboxylic acids is 2. The number of nitrogens with one attached hydrogen (secondary N) is 2. The highest BCUT2D eigenvalue weighted by molar-refractivity contribution is 6.05. The van der Waals surface area contributed by atoms with E-state index in [0.717, 1.165) is 16.7 Å². The van der Waals surface area contributed by atoms with E-state index < -0.39 is 12.1 Å². The number of carboxylic acid groups (broad SMARTS) is 1. The molecule has 2 amide bonds. The van der Waals surface area contributed by atoms with Gasteiger partial charge in [0.15, 0.2) is 0 Å². The number of ether oxygens (including phenoxy) is 11. The first-order chi connectivity index (χ1) is 31.9. The maximum Gasteiger partial charge on any atom is 0.407 e. The number of carbonyl (C=O) groups is 3. The Morgan fingerprint density at radius 3 is 1.65 bits per heavy atom. The van der Waals surface area contributed by atoms with Crippen molar-refractivity contribution in [3.05, 3.63) is 41.7 Å². The molecule has 5 N–H and O–H groups in total. The van der Waals surface area contributed by atoms with E-state index in [0.29, 0.717) is 149 Å². The summed E-state index contributed by atoms with van der Waals surface area (Å²) >= 11 is 0. The molecule has 1 aliphatic rings. The number of nitrogens with two attached hydrogens (primary N) is 1. The first-order valence-electron chi connectivity index (χ1n) is 21.9. The Morgan fingerprint density at radius 1 is 0.692 bits per heavy atom. The van der Waals surface area contributed by atoms with Gasteiger partial charge in [-0.2, -0.15) is 5.10 Å². The summed E-state index contributed by atoms with van der Waals surface area (Å²) in [6.07, 6.45) is 5.47. The van der Waals surface area contributed by atoms with Gasteiger partial charge in [-0.05, 0) is 24.1 Å². The second-order valence-corrected chi connectivity index (χ2v) is 13.8. The summed E-state index contributed by atoms with van der Waals surface area (Å²) in [7, 11) is 0. The van der Waals surface area contributed by atoms with Crippen LogP contribution < -0.4 is 11.1 Å². The number of aromatic amines is 1. The average Bonchev–Trinajstić information content (AvgIpc) is 3.78. The Balaban J connectivity index is 1.03. The van der Waals surface area contributed by atoms with E-state index in [4.69, 9.17) is 67.8 Å². The van der Waals surface area contributed by atoms with Crippen LogP contribution >= 0.6 is 0 Å². The minimum absolute atomic E-state index is 0.0149. The molecule has 2 heterocycles. The van der Waals surface area contributed by atoms with E-state index in [9.17, 15) is 14.4 Å². The molecule has 0 bridgehead atoms. The molecule has 3 rings (SSSR count). The summed E-state index contributed by atoms with van der Waals surface area (Å²) in [4.78, 5) is 46.3. The number of H-pyrrole nitrogens is 1. The summed E-state index contributed by atoms with van der Waals surface area (Å²) in [6, 6.07) is 5.73. The highest BCUT2D eigenvalue weighted by Gasteiger charge is 2.22. The number of carboxylic acids is 1. The lowest BCUT2D eigenvalue weighted by molar-refractivity contribution is -0.181. The lowest BCUT2D eigenvalue weighted by atomic mass is 10.0. The summed E-state index contributed by atoms with van der Waals surface area (Å²) < 4.78 is 59.3. The molecular weight excluding hydrogens is 856 g/mol. The molecule has 65 heavy (non-hydrogen) atoms. The number of hydrogen-bond acceptors (Lipinski definition) is 18. The van der Waals surface area contributed by atoms with Crippen LogP contribution in [0.1, 0.15) is 31.7 Å². The van der Waals surface area contributed by atoms with E-state index in [2.05, 4.69) is 20.5 Å². The molecule has 0 saturated carbocycles. The van der Waals surface area contributed by atoms with Crippen LogP contribution in [0.25, 0.3) is 17.2 Å². The van der Waals surface area contributed by atoms with Crippen molar-refractivity contribution in [1.29, 1.82) is 0 Å². The van der Waals surface area contributed by atoms with E-state index in [1.54, 1.807) is 18.5 Å². The van der Waals surface area contributed by atoms with Crippen LogP contribution in [0.2, 0.25) is 0 Å². The quantitative estimate of drug-likeness (QED) is 0.0551. The number of hydroxylamine groups is 2. The van der Waals surface area contributed by atoms with Gasteiger partial charge < -0.3 is 68.3 Å². The van der Waals surface area contributed by atoms with Gasteiger partial charge in [0.2, 0.25) is 0 Å². The van der Waals surface area contributed by atoms with Crippen molar-refractivity contribution >= 4 is 35.6 Å². The van der Waals surface area contributed by atoms with Crippen LogP contribution in [0.15, 0.2) is 41.2 Å². The predicted molar refractivity (Wildman–Crippen MR) is 236 cm³/mol. The molecule has 0 aliphatic carbocycles. The number of rotatable bonds is 41. The van der Waals surface area contributed by atoms with Crippen molar-refractivity contribution < 1.29 is 76.4 Å². The van der Waals surface area contributed by atoms with Gasteiger partial charge in [-0.15, -0.1) is 0 Å². The zero-order chi connectivity index (χ0) is 46.4. The number of benzene rings is 1. The van der Waals surface area contributed by atoms with Crippen LogP contribution in [0.4, 0.5) is 10.5 Å². The molecule has 22 heteroatoms. The van der Waals surface area contributed by atoms with Crippen molar-refractivity contribution in [2.45, 2.75) is 26.2 Å². The molecule has 0 atom stereocenters. The number of aliphatic carboxylic acids is 1. The standard InChI is InChI=1S/C43H68N6O16/c1-2-7-49(42(52)37-30-36-4-3-35(38-33-46-47-34-38)31-39(36)48-40(44)32-37)65-9-6-45-43(53)64-29-28-63-27-26-62-25-24-61-23-22-60-21-20-59-19-18-58-17-16-57-15-14-56-13-12-55-11-10-54-8-5-41(50)51/h3-4,30-31,33-34H,2,5-29,32H2,1H3,(H2,44,48)(H,45,53)(H,46,47)(H,50,51). The summed E-state index contributed by atoms with van der Waals surface area (Å²) in [5, 5.41) is 19.2. The lowest BCUT2D eigenvalue weighted by Gasteiger charge is -2.22. The van der Waals surface area contributed by atoms with Crippen LogP contribution in [0.3, 0.4) is 0 Å². The number of nitrogens with zero attached hydrogens (tertiary/aromatic N) is 3. The monoisotopic (exact) mass is 924 g/mol. The number of hydrogen-bond donors (Lipinski definition) is 4. The molecule has 0 saturated heterocycles.